The number of amides is 1. The standard InChI is InChI=1S/C16H27NO3/c1-10-12-8-11-9-16(12,5-7-20-10)14(15(11,2)3)17-13(19)4-6-18/h10-12,14,18H,4-9H2,1-3H3,(H,17,19)/t10-,11-,12-,14-,16-/m1/s1. The first-order valence-corrected chi connectivity index (χ1v) is 7.93. The van der Waals surface area contributed by atoms with Crippen LogP contribution in [-0.4, -0.2) is 36.4 Å². The Morgan fingerprint density at radius 1 is 1.45 bits per heavy atom. The molecule has 3 rings (SSSR count). The average molecular weight is 281 g/mol. The second-order valence-electron chi connectivity index (χ2n) is 7.60. The number of fused-ring (bicyclic) bond motifs is 1. The highest BCUT2D eigenvalue weighted by Crippen LogP contribution is 2.68. The molecule has 3 aliphatic rings. The lowest BCUT2D eigenvalue weighted by molar-refractivity contribution is -0.134. The van der Waals surface area contributed by atoms with E-state index in [1.54, 1.807) is 0 Å². The van der Waals surface area contributed by atoms with Crippen molar-refractivity contribution in [3.63, 3.8) is 0 Å². The van der Waals surface area contributed by atoms with Gasteiger partial charge in [-0.2, -0.15) is 0 Å². The minimum absolute atomic E-state index is 0.00889. The van der Waals surface area contributed by atoms with Crippen molar-refractivity contribution in [2.24, 2.45) is 22.7 Å². The van der Waals surface area contributed by atoms with Crippen molar-refractivity contribution in [1.29, 1.82) is 0 Å². The first-order chi connectivity index (χ1) is 9.41. The third-order valence-electron chi connectivity index (χ3n) is 6.43. The van der Waals surface area contributed by atoms with Crippen LogP contribution >= 0.6 is 0 Å². The molecule has 0 aromatic carbocycles. The van der Waals surface area contributed by atoms with Gasteiger partial charge in [-0.1, -0.05) is 13.8 Å². The molecule has 1 amide bonds. The molecule has 4 nitrogen and oxygen atoms in total. The van der Waals surface area contributed by atoms with E-state index in [4.69, 9.17) is 9.84 Å². The first kappa shape index (κ1) is 14.3. The highest BCUT2D eigenvalue weighted by Gasteiger charge is 2.67. The van der Waals surface area contributed by atoms with E-state index in [-0.39, 0.29) is 35.8 Å². The predicted octanol–water partition coefficient (Wildman–Crippen LogP) is 1.71. The van der Waals surface area contributed by atoms with Gasteiger partial charge in [-0.3, -0.25) is 4.79 Å². The number of ether oxygens (including phenoxy) is 1. The Kier molecular flexibility index (Phi) is 3.37. The van der Waals surface area contributed by atoms with Gasteiger partial charge in [0.15, 0.2) is 0 Å². The van der Waals surface area contributed by atoms with Gasteiger partial charge in [-0.05, 0) is 48.9 Å². The van der Waals surface area contributed by atoms with Gasteiger partial charge >= 0.3 is 0 Å². The average Bonchev–Trinajstić information content (AvgIpc) is 2.85. The number of hydrogen-bond acceptors (Lipinski definition) is 3. The Morgan fingerprint density at radius 2 is 2.20 bits per heavy atom. The Labute approximate surface area is 121 Å². The molecule has 1 saturated heterocycles. The third-order valence-corrected chi connectivity index (χ3v) is 6.43. The van der Waals surface area contributed by atoms with Crippen LogP contribution in [0.4, 0.5) is 0 Å². The van der Waals surface area contributed by atoms with Crippen LogP contribution in [0.5, 0.6) is 0 Å². The molecule has 2 bridgehead atoms. The quantitative estimate of drug-likeness (QED) is 0.828. The van der Waals surface area contributed by atoms with Crippen LogP contribution in [0.1, 0.15) is 46.5 Å². The largest absolute Gasteiger partial charge is 0.396 e. The predicted molar refractivity (Wildman–Crippen MR) is 76.1 cm³/mol. The van der Waals surface area contributed by atoms with Crippen molar-refractivity contribution in [1.82, 2.24) is 5.32 Å². The summed E-state index contributed by atoms with van der Waals surface area (Å²) in [6.45, 7) is 7.52. The maximum Gasteiger partial charge on any atom is 0.222 e. The van der Waals surface area contributed by atoms with E-state index in [0.29, 0.717) is 17.9 Å². The molecule has 0 unspecified atom stereocenters. The van der Waals surface area contributed by atoms with Crippen LogP contribution in [0.2, 0.25) is 0 Å². The molecule has 20 heavy (non-hydrogen) atoms. The third kappa shape index (κ3) is 1.84. The second-order valence-corrected chi connectivity index (χ2v) is 7.60. The molecule has 2 saturated carbocycles. The zero-order valence-corrected chi connectivity index (χ0v) is 12.8. The smallest absolute Gasteiger partial charge is 0.222 e. The molecular weight excluding hydrogens is 254 g/mol. The number of carbonyl (C=O) groups excluding carboxylic acids is 1. The van der Waals surface area contributed by atoms with E-state index in [9.17, 15) is 4.79 Å². The van der Waals surface area contributed by atoms with Crippen LogP contribution in [0.15, 0.2) is 0 Å². The molecule has 3 fully saturated rings. The fraction of sp³-hybridized carbons (Fsp3) is 0.938. The number of rotatable bonds is 3. The second kappa shape index (κ2) is 4.70. The summed E-state index contributed by atoms with van der Waals surface area (Å²) in [6.07, 6.45) is 4.04. The zero-order chi connectivity index (χ0) is 14.5. The number of hydrogen-bond donors (Lipinski definition) is 2. The molecule has 2 aliphatic carbocycles. The van der Waals surface area contributed by atoms with Gasteiger partial charge in [-0.25, -0.2) is 0 Å². The summed E-state index contributed by atoms with van der Waals surface area (Å²) >= 11 is 0. The van der Waals surface area contributed by atoms with Crippen molar-refractivity contribution in [3.05, 3.63) is 0 Å². The van der Waals surface area contributed by atoms with Crippen LogP contribution in [0.3, 0.4) is 0 Å². The van der Waals surface area contributed by atoms with E-state index in [1.807, 2.05) is 0 Å². The van der Waals surface area contributed by atoms with E-state index < -0.39 is 0 Å². The first-order valence-electron chi connectivity index (χ1n) is 7.93. The Bertz CT molecular complexity index is 409. The van der Waals surface area contributed by atoms with Crippen LogP contribution < -0.4 is 5.32 Å². The summed E-state index contributed by atoms with van der Waals surface area (Å²) in [5, 5.41) is 12.2. The maximum absolute atomic E-state index is 12.0. The molecule has 0 radical (unpaired) electrons. The maximum atomic E-state index is 12.0. The lowest BCUT2D eigenvalue weighted by atomic mass is 9.59. The summed E-state index contributed by atoms with van der Waals surface area (Å²) in [7, 11) is 0. The van der Waals surface area contributed by atoms with Gasteiger partial charge < -0.3 is 15.2 Å². The topological polar surface area (TPSA) is 58.6 Å². The van der Waals surface area contributed by atoms with Crippen LogP contribution in [-0.2, 0) is 9.53 Å². The molecule has 0 aromatic rings. The minimum Gasteiger partial charge on any atom is -0.396 e. The van der Waals surface area contributed by atoms with Gasteiger partial charge in [-0.15, -0.1) is 0 Å². The monoisotopic (exact) mass is 281 g/mol. The van der Waals surface area contributed by atoms with Crippen molar-refractivity contribution >= 4 is 5.91 Å². The SMILES string of the molecule is C[C@H]1OCC[C@@]23C[C@@H](C[C@H]12)C(C)(C)[C@H]3NC(=O)CCO. The molecule has 1 spiro atoms. The fourth-order valence-corrected chi connectivity index (χ4v) is 5.42. The summed E-state index contributed by atoms with van der Waals surface area (Å²) < 4.78 is 5.86. The molecule has 1 heterocycles. The van der Waals surface area contributed by atoms with Crippen LogP contribution in [0, 0.1) is 22.7 Å². The number of carbonyl (C=O) groups is 1. The summed E-state index contributed by atoms with van der Waals surface area (Å²) in [5.74, 6) is 1.25. The summed E-state index contributed by atoms with van der Waals surface area (Å²) in [4.78, 5) is 12.0. The fourth-order valence-electron chi connectivity index (χ4n) is 5.42. The lowest BCUT2D eigenvalue weighted by Crippen LogP contribution is -2.59. The lowest BCUT2D eigenvalue weighted by Gasteiger charge is -2.52. The number of nitrogens with one attached hydrogen (secondary N) is 1. The molecule has 4 heteroatoms. The number of aliphatic hydroxyl groups excluding tert-OH is 1. The highest BCUT2D eigenvalue weighted by atomic mass is 16.5. The van der Waals surface area contributed by atoms with E-state index in [1.165, 1.54) is 12.8 Å². The Hall–Kier alpha value is -0.610. The molecule has 2 N–H and O–H groups in total. The highest BCUT2D eigenvalue weighted by molar-refractivity contribution is 5.76. The molecule has 0 aromatic heterocycles. The Morgan fingerprint density at radius 3 is 2.90 bits per heavy atom. The summed E-state index contributed by atoms with van der Waals surface area (Å²) in [6, 6.07) is 0.226. The normalized spacial score (nSPS) is 45.2. The summed E-state index contributed by atoms with van der Waals surface area (Å²) in [5.41, 5.74) is 0.371. The Balaban J connectivity index is 1.88. The van der Waals surface area contributed by atoms with E-state index >= 15 is 0 Å². The van der Waals surface area contributed by atoms with Gasteiger partial charge in [0.05, 0.1) is 12.7 Å². The molecule has 1 aliphatic heterocycles. The molecule has 114 valence electrons. The number of aliphatic hydroxyl groups is 1. The van der Waals surface area contributed by atoms with Gasteiger partial charge in [0, 0.05) is 19.1 Å². The van der Waals surface area contributed by atoms with Crippen molar-refractivity contribution in [3.8, 4) is 0 Å². The zero-order valence-electron chi connectivity index (χ0n) is 12.8. The minimum atomic E-state index is -0.0711. The van der Waals surface area contributed by atoms with Crippen molar-refractivity contribution < 1.29 is 14.6 Å². The van der Waals surface area contributed by atoms with Gasteiger partial charge in [0.25, 0.3) is 0 Å². The van der Waals surface area contributed by atoms with Crippen LogP contribution in [0.25, 0.3) is 0 Å². The molecule has 5 atom stereocenters. The van der Waals surface area contributed by atoms with Gasteiger partial charge in [0.1, 0.15) is 0 Å². The van der Waals surface area contributed by atoms with Crippen molar-refractivity contribution in [2.75, 3.05) is 13.2 Å². The molecular formula is C16H27NO3. The van der Waals surface area contributed by atoms with Crippen molar-refractivity contribution in [2.45, 2.75) is 58.6 Å². The van der Waals surface area contributed by atoms with Gasteiger partial charge in [0.2, 0.25) is 5.91 Å². The van der Waals surface area contributed by atoms with E-state index in [0.717, 1.165) is 13.0 Å². The van der Waals surface area contributed by atoms with E-state index in [2.05, 4.69) is 26.1 Å².